The molecular formula is C27H33ClN4O4. The van der Waals surface area contributed by atoms with E-state index in [9.17, 15) is 9.59 Å². The van der Waals surface area contributed by atoms with Crippen molar-refractivity contribution < 1.29 is 19.1 Å². The van der Waals surface area contributed by atoms with E-state index in [0.29, 0.717) is 46.6 Å². The molecule has 0 spiro atoms. The Morgan fingerprint density at radius 1 is 1.06 bits per heavy atom. The van der Waals surface area contributed by atoms with Crippen LogP contribution in [0.1, 0.15) is 50.2 Å². The molecule has 0 fully saturated rings. The molecule has 0 aliphatic rings. The molecule has 0 atom stereocenters. The maximum absolute atomic E-state index is 13.3. The average Bonchev–Trinajstić information content (AvgIpc) is 3.27. The summed E-state index contributed by atoms with van der Waals surface area (Å²) in [6.45, 7) is 8.35. The molecule has 0 saturated heterocycles. The highest BCUT2D eigenvalue weighted by Gasteiger charge is 2.24. The lowest BCUT2D eigenvalue weighted by Crippen LogP contribution is -2.38. The molecule has 0 saturated carbocycles. The monoisotopic (exact) mass is 512 g/mol. The van der Waals surface area contributed by atoms with Crippen molar-refractivity contribution in [3.8, 4) is 17.2 Å². The molecule has 0 radical (unpaired) electrons. The van der Waals surface area contributed by atoms with Gasteiger partial charge in [-0.1, -0.05) is 51.4 Å². The first-order chi connectivity index (χ1) is 17.1. The zero-order valence-electron chi connectivity index (χ0n) is 21.6. The second kappa shape index (κ2) is 11.5. The van der Waals surface area contributed by atoms with Gasteiger partial charge in [0, 0.05) is 29.7 Å². The first-order valence-electron chi connectivity index (χ1n) is 11.7. The van der Waals surface area contributed by atoms with Gasteiger partial charge in [0.15, 0.2) is 0 Å². The second-order valence-electron chi connectivity index (χ2n) is 9.40. The summed E-state index contributed by atoms with van der Waals surface area (Å²) in [5.41, 5.74) is 1.57. The van der Waals surface area contributed by atoms with Crippen LogP contribution >= 0.6 is 11.6 Å². The molecule has 2 aromatic carbocycles. The van der Waals surface area contributed by atoms with E-state index in [-0.39, 0.29) is 23.8 Å². The van der Waals surface area contributed by atoms with Gasteiger partial charge >= 0.3 is 0 Å². The van der Waals surface area contributed by atoms with Gasteiger partial charge < -0.3 is 19.7 Å². The van der Waals surface area contributed by atoms with Crippen molar-refractivity contribution in [3.63, 3.8) is 0 Å². The van der Waals surface area contributed by atoms with Gasteiger partial charge in [-0.05, 0) is 30.7 Å². The summed E-state index contributed by atoms with van der Waals surface area (Å²) in [7, 11) is 3.04. The molecule has 3 rings (SSSR count). The third-order valence-corrected chi connectivity index (χ3v) is 5.86. The van der Waals surface area contributed by atoms with Crippen LogP contribution in [0, 0.1) is 0 Å². The maximum atomic E-state index is 13.3. The van der Waals surface area contributed by atoms with E-state index in [1.54, 1.807) is 28.9 Å². The van der Waals surface area contributed by atoms with Crippen LogP contribution in [0.15, 0.2) is 48.5 Å². The van der Waals surface area contributed by atoms with Crippen molar-refractivity contribution in [2.24, 2.45) is 0 Å². The number of anilines is 1. The van der Waals surface area contributed by atoms with Gasteiger partial charge in [0.25, 0.3) is 5.91 Å². The molecule has 3 aromatic rings. The van der Waals surface area contributed by atoms with Crippen molar-refractivity contribution in [2.45, 2.75) is 39.5 Å². The van der Waals surface area contributed by atoms with Crippen molar-refractivity contribution in [2.75, 3.05) is 32.6 Å². The van der Waals surface area contributed by atoms with Gasteiger partial charge in [-0.3, -0.25) is 9.59 Å². The van der Waals surface area contributed by atoms with E-state index in [1.165, 1.54) is 19.1 Å². The van der Waals surface area contributed by atoms with Crippen LogP contribution < -0.4 is 14.8 Å². The quantitative estimate of drug-likeness (QED) is 0.418. The van der Waals surface area contributed by atoms with Crippen molar-refractivity contribution in [3.05, 3.63) is 64.8 Å². The number of nitrogens with zero attached hydrogens (tertiary/aromatic N) is 3. The topological polar surface area (TPSA) is 85.7 Å². The minimum absolute atomic E-state index is 0.134. The second-order valence-corrected chi connectivity index (χ2v) is 9.81. The first kappa shape index (κ1) is 27.1. The number of nitrogens with one attached hydrogen (secondary N) is 1. The van der Waals surface area contributed by atoms with Gasteiger partial charge in [-0.25, -0.2) is 4.68 Å². The van der Waals surface area contributed by atoms with Crippen LogP contribution in [0.25, 0.3) is 5.69 Å². The molecule has 9 heteroatoms. The Bertz CT molecular complexity index is 1210. The SMILES string of the molecule is CCCN(CC(=O)Nc1cc(C(C)(C)C)nn1-c1ccccc1Cl)C(=O)c1cc(OC)cc(OC)c1. The summed E-state index contributed by atoms with van der Waals surface area (Å²) in [5, 5.41) is 8.15. The standard InChI is InChI=1S/C27H33ClN4O4/c1-7-12-31(26(34)18-13-19(35-5)15-20(14-18)36-6)17-25(33)29-24-16-23(27(2,3)4)30-32(24)22-11-9-8-10-21(22)28/h8-11,13-16H,7,12,17H2,1-6H3,(H,29,33). The minimum atomic E-state index is -0.347. The molecule has 2 amide bonds. The molecule has 0 aliphatic heterocycles. The summed E-state index contributed by atoms with van der Waals surface area (Å²) < 4.78 is 12.2. The Labute approximate surface area is 217 Å². The number of rotatable bonds is 9. The highest BCUT2D eigenvalue weighted by Crippen LogP contribution is 2.29. The number of aromatic nitrogens is 2. The Morgan fingerprint density at radius 3 is 2.25 bits per heavy atom. The lowest BCUT2D eigenvalue weighted by molar-refractivity contribution is -0.116. The van der Waals surface area contributed by atoms with Crippen LogP contribution in [0.2, 0.25) is 5.02 Å². The van der Waals surface area contributed by atoms with Gasteiger partial charge in [0.2, 0.25) is 5.91 Å². The molecule has 0 bridgehead atoms. The fourth-order valence-corrected chi connectivity index (χ4v) is 3.85. The van der Waals surface area contributed by atoms with E-state index in [2.05, 4.69) is 5.32 Å². The third-order valence-electron chi connectivity index (χ3n) is 5.54. The van der Waals surface area contributed by atoms with Gasteiger partial charge in [0.05, 0.1) is 30.6 Å². The molecule has 36 heavy (non-hydrogen) atoms. The van der Waals surface area contributed by atoms with Crippen LogP contribution in [0.5, 0.6) is 11.5 Å². The number of halogens is 1. The molecule has 1 aromatic heterocycles. The van der Waals surface area contributed by atoms with Gasteiger partial charge in [-0.15, -0.1) is 0 Å². The summed E-state index contributed by atoms with van der Waals surface area (Å²) in [4.78, 5) is 28.0. The third kappa shape index (κ3) is 6.37. The van der Waals surface area contributed by atoms with Crippen molar-refractivity contribution >= 4 is 29.2 Å². The maximum Gasteiger partial charge on any atom is 0.254 e. The lowest BCUT2D eigenvalue weighted by Gasteiger charge is -2.22. The van der Waals surface area contributed by atoms with Crippen LogP contribution in [0.3, 0.4) is 0 Å². The zero-order valence-corrected chi connectivity index (χ0v) is 22.3. The molecule has 8 nitrogen and oxygen atoms in total. The Morgan fingerprint density at radius 2 is 1.69 bits per heavy atom. The van der Waals surface area contributed by atoms with E-state index in [0.717, 1.165) is 5.69 Å². The number of ether oxygens (including phenoxy) is 2. The highest BCUT2D eigenvalue weighted by atomic mass is 35.5. The van der Waals surface area contributed by atoms with E-state index >= 15 is 0 Å². The number of benzene rings is 2. The predicted octanol–water partition coefficient (Wildman–Crippen LogP) is 5.33. The van der Waals surface area contributed by atoms with Gasteiger partial charge in [-0.2, -0.15) is 5.10 Å². The Hall–Kier alpha value is -3.52. The number of para-hydroxylation sites is 1. The summed E-state index contributed by atoms with van der Waals surface area (Å²) >= 11 is 6.43. The number of carbonyl (C=O) groups excluding carboxylic acids is 2. The normalized spacial score (nSPS) is 11.2. The lowest BCUT2D eigenvalue weighted by atomic mass is 9.92. The molecule has 1 heterocycles. The molecular weight excluding hydrogens is 480 g/mol. The minimum Gasteiger partial charge on any atom is -0.497 e. The fraction of sp³-hybridized carbons (Fsp3) is 0.370. The van der Waals surface area contributed by atoms with E-state index in [4.69, 9.17) is 26.2 Å². The number of amides is 2. The molecule has 1 N–H and O–H groups in total. The predicted molar refractivity (Wildman–Crippen MR) is 142 cm³/mol. The summed E-state index contributed by atoms with van der Waals surface area (Å²) in [6.07, 6.45) is 0.686. The van der Waals surface area contributed by atoms with E-state index < -0.39 is 0 Å². The number of carbonyl (C=O) groups is 2. The molecule has 0 unspecified atom stereocenters. The Kier molecular flexibility index (Phi) is 8.63. The number of hydrogen-bond acceptors (Lipinski definition) is 5. The first-order valence-corrected chi connectivity index (χ1v) is 12.1. The number of methoxy groups -OCH3 is 2. The fourth-order valence-electron chi connectivity index (χ4n) is 3.64. The summed E-state index contributed by atoms with van der Waals surface area (Å²) in [5.74, 6) is 0.832. The van der Waals surface area contributed by atoms with Crippen LogP contribution in [-0.2, 0) is 10.2 Å². The van der Waals surface area contributed by atoms with E-state index in [1.807, 2.05) is 52.0 Å². The van der Waals surface area contributed by atoms with Crippen LogP contribution in [0.4, 0.5) is 5.82 Å². The average molecular weight is 513 g/mol. The Balaban J connectivity index is 1.88. The smallest absolute Gasteiger partial charge is 0.254 e. The van der Waals surface area contributed by atoms with Crippen molar-refractivity contribution in [1.29, 1.82) is 0 Å². The largest absolute Gasteiger partial charge is 0.497 e. The van der Waals surface area contributed by atoms with Crippen LogP contribution in [-0.4, -0.2) is 53.8 Å². The zero-order chi connectivity index (χ0) is 26.5. The molecule has 0 aliphatic carbocycles. The highest BCUT2D eigenvalue weighted by molar-refractivity contribution is 6.32. The summed E-state index contributed by atoms with van der Waals surface area (Å²) in [6, 6.07) is 14.1. The van der Waals surface area contributed by atoms with Crippen molar-refractivity contribution in [1.82, 2.24) is 14.7 Å². The number of hydrogen-bond donors (Lipinski definition) is 1. The molecule has 192 valence electrons. The van der Waals surface area contributed by atoms with Gasteiger partial charge in [0.1, 0.15) is 23.9 Å².